The maximum absolute atomic E-state index is 12.8. The summed E-state index contributed by atoms with van der Waals surface area (Å²) in [5.41, 5.74) is 0. The molecule has 0 fully saturated rings. The van der Waals surface area contributed by atoms with Crippen LogP contribution in [0.2, 0.25) is 0 Å². The Hall–Kier alpha value is -3.93. The van der Waals surface area contributed by atoms with E-state index in [2.05, 4.69) is 106 Å². The van der Waals surface area contributed by atoms with E-state index in [9.17, 15) is 14.4 Å². The summed E-state index contributed by atoms with van der Waals surface area (Å²) in [5, 5.41) is 0. The van der Waals surface area contributed by atoms with Crippen LogP contribution in [0.15, 0.2) is 109 Å². The molecule has 1 atom stereocenters. The zero-order chi connectivity index (χ0) is 45.1. The Morgan fingerprint density at radius 2 is 0.710 bits per heavy atom. The second-order valence-electron chi connectivity index (χ2n) is 16.0. The minimum absolute atomic E-state index is 0.101. The lowest BCUT2D eigenvalue weighted by molar-refractivity contribution is -0.167. The van der Waals surface area contributed by atoms with Crippen LogP contribution in [0.4, 0.5) is 0 Å². The van der Waals surface area contributed by atoms with Crippen molar-refractivity contribution in [2.75, 3.05) is 13.2 Å². The van der Waals surface area contributed by atoms with Crippen molar-refractivity contribution in [3.63, 3.8) is 0 Å². The van der Waals surface area contributed by atoms with E-state index in [0.29, 0.717) is 19.3 Å². The molecule has 6 nitrogen and oxygen atoms in total. The molecule has 0 radical (unpaired) electrons. The number of hydrogen-bond acceptors (Lipinski definition) is 6. The summed E-state index contributed by atoms with van der Waals surface area (Å²) < 4.78 is 16.7. The van der Waals surface area contributed by atoms with Gasteiger partial charge in [0.15, 0.2) is 6.10 Å². The van der Waals surface area contributed by atoms with Gasteiger partial charge in [0.05, 0.1) is 0 Å². The molecule has 0 aliphatic heterocycles. The lowest BCUT2D eigenvalue weighted by Gasteiger charge is -2.18. The first-order valence-corrected chi connectivity index (χ1v) is 24.9. The second-order valence-corrected chi connectivity index (χ2v) is 16.0. The Kier molecular flexibility index (Phi) is 46.6. The topological polar surface area (TPSA) is 78.9 Å². The summed E-state index contributed by atoms with van der Waals surface area (Å²) in [6.45, 7) is 6.28. The predicted molar refractivity (Wildman–Crippen MR) is 265 cm³/mol. The number of ether oxygens (including phenoxy) is 3. The highest BCUT2D eigenvalue weighted by atomic mass is 16.6. The van der Waals surface area contributed by atoms with Crippen LogP contribution in [0.5, 0.6) is 0 Å². The molecular weight excluding hydrogens is 769 g/mol. The van der Waals surface area contributed by atoms with Crippen LogP contribution >= 0.6 is 0 Å². The van der Waals surface area contributed by atoms with E-state index >= 15 is 0 Å². The van der Waals surface area contributed by atoms with Gasteiger partial charge in [-0.15, -0.1) is 0 Å². The number of esters is 3. The van der Waals surface area contributed by atoms with Gasteiger partial charge in [-0.05, 0) is 96.3 Å². The lowest BCUT2D eigenvalue weighted by Crippen LogP contribution is -2.30. The van der Waals surface area contributed by atoms with Crippen LogP contribution in [-0.2, 0) is 28.6 Å². The Bertz CT molecular complexity index is 1310. The molecule has 0 heterocycles. The highest BCUT2D eigenvalue weighted by molar-refractivity contribution is 5.71. The first-order valence-electron chi connectivity index (χ1n) is 24.9. The Labute approximate surface area is 380 Å². The van der Waals surface area contributed by atoms with Crippen molar-refractivity contribution in [2.45, 2.75) is 213 Å². The Morgan fingerprint density at radius 3 is 1.19 bits per heavy atom. The first-order chi connectivity index (χ1) is 30.5. The van der Waals surface area contributed by atoms with E-state index in [4.69, 9.17) is 14.2 Å². The molecule has 0 N–H and O–H groups in total. The van der Waals surface area contributed by atoms with Crippen molar-refractivity contribution < 1.29 is 28.6 Å². The molecule has 0 aliphatic carbocycles. The van der Waals surface area contributed by atoms with E-state index in [-0.39, 0.29) is 31.1 Å². The summed E-state index contributed by atoms with van der Waals surface area (Å²) in [7, 11) is 0. The highest BCUT2D eigenvalue weighted by Crippen LogP contribution is 2.13. The summed E-state index contributed by atoms with van der Waals surface area (Å²) in [6, 6.07) is 0. The molecule has 0 bridgehead atoms. The summed E-state index contributed by atoms with van der Waals surface area (Å²) in [5.74, 6) is -0.959. The Balaban J connectivity index is 4.44. The SMILES string of the molecule is CC\C=C/C=C\C=C/C=C\CCCCCCCC(=O)OC(COC(=O)CCCCCC/C=C\CCCC)COC(=O)CCCCCCCC/C=C\C/C=C\C/C=C\C/C=C\CC. The van der Waals surface area contributed by atoms with Crippen LogP contribution in [0.25, 0.3) is 0 Å². The summed E-state index contributed by atoms with van der Waals surface area (Å²) in [6.07, 6.45) is 66.4. The van der Waals surface area contributed by atoms with Crippen molar-refractivity contribution in [1.82, 2.24) is 0 Å². The van der Waals surface area contributed by atoms with Gasteiger partial charge < -0.3 is 14.2 Å². The minimum Gasteiger partial charge on any atom is -0.462 e. The molecule has 0 aromatic heterocycles. The third-order valence-corrected chi connectivity index (χ3v) is 10.1. The molecule has 0 amide bonds. The van der Waals surface area contributed by atoms with Gasteiger partial charge in [0.25, 0.3) is 0 Å². The molecule has 0 spiro atoms. The van der Waals surface area contributed by atoms with Crippen LogP contribution in [0, 0.1) is 0 Å². The van der Waals surface area contributed by atoms with Gasteiger partial charge in [0, 0.05) is 19.3 Å². The average Bonchev–Trinajstić information content (AvgIpc) is 3.27. The average molecular weight is 859 g/mol. The predicted octanol–water partition coefficient (Wildman–Crippen LogP) is 16.4. The molecule has 0 aromatic rings. The largest absolute Gasteiger partial charge is 0.462 e. The van der Waals surface area contributed by atoms with Crippen LogP contribution in [-0.4, -0.2) is 37.2 Å². The van der Waals surface area contributed by atoms with Gasteiger partial charge in [-0.1, -0.05) is 201 Å². The van der Waals surface area contributed by atoms with Crippen LogP contribution < -0.4 is 0 Å². The summed E-state index contributed by atoms with van der Waals surface area (Å²) >= 11 is 0. The highest BCUT2D eigenvalue weighted by Gasteiger charge is 2.19. The van der Waals surface area contributed by atoms with E-state index < -0.39 is 6.10 Å². The van der Waals surface area contributed by atoms with E-state index in [1.54, 1.807) is 0 Å². The van der Waals surface area contributed by atoms with Gasteiger partial charge in [-0.25, -0.2) is 0 Å². The maximum atomic E-state index is 12.8. The Morgan fingerprint density at radius 1 is 0.355 bits per heavy atom. The zero-order valence-electron chi connectivity index (χ0n) is 39.8. The van der Waals surface area contributed by atoms with Crippen molar-refractivity contribution in [3.05, 3.63) is 109 Å². The van der Waals surface area contributed by atoms with E-state index in [1.165, 1.54) is 25.7 Å². The normalized spacial score (nSPS) is 13.0. The molecule has 0 rings (SSSR count). The van der Waals surface area contributed by atoms with Gasteiger partial charge in [0.2, 0.25) is 0 Å². The molecule has 1 unspecified atom stereocenters. The maximum Gasteiger partial charge on any atom is 0.306 e. The molecule has 0 saturated carbocycles. The fourth-order valence-corrected chi connectivity index (χ4v) is 6.36. The van der Waals surface area contributed by atoms with Crippen molar-refractivity contribution in [1.29, 1.82) is 0 Å². The minimum atomic E-state index is -0.802. The van der Waals surface area contributed by atoms with Crippen molar-refractivity contribution >= 4 is 17.9 Å². The van der Waals surface area contributed by atoms with E-state index in [0.717, 1.165) is 141 Å². The molecule has 350 valence electrons. The third-order valence-electron chi connectivity index (χ3n) is 10.1. The van der Waals surface area contributed by atoms with Gasteiger partial charge >= 0.3 is 17.9 Å². The lowest BCUT2D eigenvalue weighted by atomic mass is 10.1. The molecular formula is C56H90O6. The standard InChI is InChI=1S/C56H90O6/c1-4-7-10-13-16-19-22-24-26-27-28-29-31-32-34-37-40-43-46-49-55(58)61-52-53(51-60-54(57)48-45-42-39-36-21-18-15-12-9-6-3)62-56(59)50-47-44-41-38-35-33-30-25-23-20-17-14-11-8-5-2/h7-8,10-11,14-20,23-26,28-30,53H,4-6,9,12-13,21-22,27,31-52H2,1-3H3/b10-7-,11-8-,17-14-,18-15-,19-16-,23-20-,26-24-,29-28-,30-25-. The fourth-order valence-electron chi connectivity index (χ4n) is 6.36. The van der Waals surface area contributed by atoms with Gasteiger partial charge in [-0.3, -0.25) is 14.4 Å². The zero-order valence-corrected chi connectivity index (χ0v) is 39.8. The third kappa shape index (κ3) is 47.1. The van der Waals surface area contributed by atoms with Crippen LogP contribution in [0.3, 0.4) is 0 Å². The fraction of sp³-hybridized carbons (Fsp3) is 0.625. The van der Waals surface area contributed by atoms with E-state index in [1.807, 2.05) is 24.3 Å². The first kappa shape index (κ1) is 58.1. The number of carbonyl (C=O) groups is 3. The van der Waals surface area contributed by atoms with Crippen molar-refractivity contribution in [2.24, 2.45) is 0 Å². The number of unbranched alkanes of at least 4 members (excludes halogenated alkanes) is 17. The molecule has 0 aliphatic rings. The number of allylic oxidation sites excluding steroid dienone is 18. The molecule has 62 heavy (non-hydrogen) atoms. The van der Waals surface area contributed by atoms with Crippen molar-refractivity contribution in [3.8, 4) is 0 Å². The monoisotopic (exact) mass is 859 g/mol. The van der Waals surface area contributed by atoms with Gasteiger partial charge in [0.1, 0.15) is 13.2 Å². The number of carbonyl (C=O) groups excluding carboxylic acids is 3. The van der Waals surface area contributed by atoms with Gasteiger partial charge in [-0.2, -0.15) is 0 Å². The molecule has 6 heteroatoms. The molecule has 0 saturated heterocycles. The smallest absolute Gasteiger partial charge is 0.306 e. The number of rotatable bonds is 43. The van der Waals surface area contributed by atoms with Crippen LogP contribution in [0.1, 0.15) is 207 Å². The quantitative estimate of drug-likeness (QED) is 0.0200. The second kappa shape index (κ2) is 49.7. The summed E-state index contributed by atoms with van der Waals surface area (Å²) in [4.78, 5) is 37.9. The molecule has 0 aromatic carbocycles. The number of hydrogen-bond donors (Lipinski definition) is 0.